The fourth-order valence-electron chi connectivity index (χ4n) is 5.27. The Labute approximate surface area is 130 Å². The van der Waals surface area contributed by atoms with Gasteiger partial charge in [0.25, 0.3) is 0 Å². The lowest BCUT2D eigenvalue weighted by atomic mass is 9.42. The summed E-state index contributed by atoms with van der Waals surface area (Å²) in [5.74, 6) is 1.56. The van der Waals surface area contributed by atoms with Gasteiger partial charge in [0, 0.05) is 6.04 Å². The third-order valence-corrected chi connectivity index (χ3v) is 6.42. The molecule has 2 aliphatic carbocycles. The van der Waals surface area contributed by atoms with Crippen LogP contribution in [-0.4, -0.2) is 12.6 Å². The second-order valence-electron chi connectivity index (χ2n) is 8.11. The molecule has 1 aromatic carbocycles. The monoisotopic (exact) mass is 285 g/mol. The van der Waals surface area contributed by atoms with E-state index in [0.29, 0.717) is 16.9 Å². The molecule has 0 bridgehead atoms. The minimum atomic E-state index is 0.318. The second-order valence-corrected chi connectivity index (χ2v) is 8.11. The molecule has 4 atom stereocenters. The van der Waals surface area contributed by atoms with Crippen LogP contribution in [0.3, 0.4) is 0 Å². The average molecular weight is 285 g/mol. The maximum Gasteiger partial charge on any atom is 0.0161 e. The van der Waals surface area contributed by atoms with Crippen molar-refractivity contribution in [2.45, 2.75) is 71.3 Å². The summed E-state index contributed by atoms with van der Waals surface area (Å²) in [7, 11) is 0. The predicted octanol–water partition coefficient (Wildman–Crippen LogP) is 4.87. The number of benzene rings is 1. The first-order valence-electron chi connectivity index (χ1n) is 8.78. The lowest BCUT2D eigenvalue weighted by molar-refractivity contribution is -0.0521. The van der Waals surface area contributed by atoms with Gasteiger partial charge in [-0.15, -0.1) is 0 Å². The van der Waals surface area contributed by atoms with Crippen LogP contribution in [0.25, 0.3) is 0 Å². The lowest BCUT2D eigenvalue weighted by Gasteiger charge is -2.65. The van der Waals surface area contributed by atoms with Crippen LogP contribution in [0.15, 0.2) is 24.3 Å². The molecule has 21 heavy (non-hydrogen) atoms. The van der Waals surface area contributed by atoms with Gasteiger partial charge in [0.1, 0.15) is 0 Å². The van der Waals surface area contributed by atoms with Gasteiger partial charge in [0.2, 0.25) is 0 Å². The lowest BCUT2D eigenvalue weighted by Crippen LogP contribution is -2.66. The molecule has 0 aliphatic heterocycles. The average Bonchev–Trinajstić information content (AvgIpc) is 2.46. The standard InChI is InChI=1S/C20H31N/c1-6-12-21-18-15-13-19(3,4)16-11-9-8-10-14(16)17(15)20(18,5)7-2/h8-11,15,17-18,21H,6-7,12-13H2,1-5H3. The van der Waals surface area contributed by atoms with Gasteiger partial charge in [0.15, 0.2) is 0 Å². The molecule has 0 amide bonds. The minimum Gasteiger partial charge on any atom is -0.313 e. The molecule has 1 saturated carbocycles. The summed E-state index contributed by atoms with van der Waals surface area (Å²) in [5, 5.41) is 3.88. The highest BCUT2D eigenvalue weighted by Crippen LogP contribution is 2.65. The molecular formula is C20H31N. The number of hydrogen-bond acceptors (Lipinski definition) is 1. The van der Waals surface area contributed by atoms with Gasteiger partial charge < -0.3 is 5.32 Å². The summed E-state index contributed by atoms with van der Waals surface area (Å²) in [4.78, 5) is 0. The van der Waals surface area contributed by atoms with Crippen molar-refractivity contribution in [3.05, 3.63) is 35.4 Å². The van der Waals surface area contributed by atoms with Crippen LogP contribution in [0.4, 0.5) is 0 Å². The number of hydrogen-bond donors (Lipinski definition) is 1. The van der Waals surface area contributed by atoms with E-state index < -0.39 is 0 Å². The second kappa shape index (κ2) is 5.12. The van der Waals surface area contributed by atoms with Crippen molar-refractivity contribution in [2.75, 3.05) is 6.54 Å². The van der Waals surface area contributed by atoms with Crippen molar-refractivity contribution in [3.8, 4) is 0 Å². The summed E-state index contributed by atoms with van der Waals surface area (Å²) in [6.07, 6.45) is 3.82. The van der Waals surface area contributed by atoms with E-state index in [1.165, 1.54) is 19.3 Å². The van der Waals surface area contributed by atoms with Gasteiger partial charge in [-0.1, -0.05) is 58.9 Å². The maximum atomic E-state index is 3.88. The Morgan fingerprint density at radius 3 is 2.52 bits per heavy atom. The summed E-state index contributed by atoms with van der Waals surface area (Å²) in [6.45, 7) is 13.2. The third kappa shape index (κ3) is 2.08. The number of fused-ring (bicyclic) bond motifs is 3. The zero-order valence-electron chi connectivity index (χ0n) is 14.4. The van der Waals surface area contributed by atoms with Gasteiger partial charge in [-0.05, 0) is 59.6 Å². The first kappa shape index (κ1) is 15.1. The van der Waals surface area contributed by atoms with Crippen molar-refractivity contribution in [3.63, 3.8) is 0 Å². The quantitative estimate of drug-likeness (QED) is 0.832. The van der Waals surface area contributed by atoms with Crippen molar-refractivity contribution in [1.82, 2.24) is 5.32 Å². The van der Waals surface area contributed by atoms with E-state index in [0.717, 1.165) is 18.4 Å². The molecule has 1 heteroatoms. The fraction of sp³-hybridized carbons (Fsp3) is 0.700. The molecule has 2 aliphatic rings. The van der Waals surface area contributed by atoms with Gasteiger partial charge >= 0.3 is 0 Å². The van der Waals surface area contributed by atoms with Gasteiger partial charge in [0.05, 0.1) is 0 Å². The van der Waals surface area contributed by atoms with E-state index in [2.05, 4.69) is 64.2 Å². The normalized spacial score (nSPS) is 36.5. The molecule has 1 fully saturated rings. The highest BCUT2D eigenvalue weighted by Gasteiger charge is 2.61. The summed E-state index contributed by atoms with van der Waals surface area (Å²) >= 11 is 0. The molecule has 0 spiro atoms. The first-order valence-corrected chi connectivity index (χ1v) is 8.78. The van der Waals surface area contributed by atoms with Crippen LogP contribution in [0.2, 0.25) is 0 Å². The molecule has 1 nitrogen and oxygen atoms in total. The molecular weight excluding hydrogens is 254 g/mol. The zero-order valence-corrected chi connectivity index (χ0v) is 14.4. The van der Waals surface area contributed by atoms with Crippen LogP contribution in [0.5, 0.6) is 0 Å². The fourth-order valence-corrected chi connectivity index (χ4v) is 5.27. The highest BCUT2D eigenvalue weighted by atomic mass is 15.0. The summed E-state index contributed by atoms with van der Waals surface area (Å²) in [6, 6.07) is 9.92. The molecule has 4 unspecified atom stereocenters. The van der Waals surface area contributed by atoms with Crippen molar-refractivity contribution >= 4 is 0 Å². The highest BCUT2D eigenvalue weighted by molar-refractivity contribution is 5.44. The van der Waals surface area contributed by atoms with Crippen LogP contribution in [0.1, 0.15) is 70.9 Å². The van der Waals surface area contributed by atoms with Crippen LogP contribution < -0.4 is 5.32 Å². The third-order valence-electron chi connectivity index (χ3n) is 6.42. The van der Waals surface area contributed by atoms with E-state index >= 15 is 0 Å². The Balaban J connectivity index is 2.00. The Morgan fingerprint density at radius 2 is 1.86 bits per heavy atom. The summed E-state index contributed by atoms with van der Waals surface area (Å²) in [5.41, 5.74) is 3.98. The smallest absolute Gasteiger partial charge is 0.0161 e. The van der Waals surface area contributed by atoms with Crippen LogP contribution in [-0.2, 0) is 5.41 Å². The minimum absolute atomic E-state index is 0.318. The van der Waals surface area contributed by atoms with Crippen molar-refractivity contribution in [1.29, 1.82) is 0 Å². The largest absolute Gasteiger partial charge is 0.313 e. The Bertz CT molecular complexity index is 518. The van der Waals surface area contributed by atoms with E-state index in [1.54, 1.807) is 11.1 Å². The van der Waals surface area contributed by atoms with Crippen LogP contribution in [0, 0.1) is 11.3 Å². The van der Waals surface area contributed by atoms with Gasteiger partial charge in [-0.25, -0.2) is 0 Å². The van der Waals surface area contributed by atoms with E-state index in [4.69, 9.17) is 0 Å². The van der Waals surface area contributed by atoms with E-state index in [9.17, 15) is 0 Å². The first-order chi connectivity index (χ1) is 9.95. The molecule has 3 rings (SSSR count). The zero-order chi connectivity index (χ0) is 15.3. The van der Waals surface area contributed by atoms with E-state index in [-0.39, 0.29) is 0 Å². The Morgan fingerprint density at radius 1 is 1.14 bits per heavy atom. The molecule has 0 heterocycles. The maximum absolute atomic E-state index is 3.88. The summed E-state index contributed by atoms with van der Waals surface area (Å²) < 4.78 is 0. The predicted molar refractivity (Wildman–Crippen MR) is 90.8 cm³/mol. The van der Waals surface area contributed by atoms with Gasteiger partial charge in [-0.2, -0.15) is 0 Å². The van der Waals surface area contributed by atoms with E-state index in [1.807, 2.05) is 0 Å². The Kier molecular flexibility index (Phi) is 3.68. The molecule has 0 radical (unpaired) electrons. The molecule has 1 N–H and O–H groups in total. The molecule has 0 aromatic heterocycles. The van der Waals surface area contributed by atoms with Gasteiger partial charge in [-0.3, -0.25) is 0 Å². The van der Waals surface area contributed by atoms with Crippen molar-refractivity contribution < 1.29 is 0 Å². The van der Waals surface area contributed by atoms with Crippen molar-refractivity contribution in [2.24, 2.45) is 11.3 Å². The number of rotatable bonds is 4. The molecule has 0 saturated heterocycles. The topological polar surface area (TPSA) is 12.0 Å². The molecule has 1 aromatic rings. The Hall–Kier alpha value is -0.820. The molecule has 116 valence electrons. The SMILES string of the molecule is CCCNC1C2CC(C)(C)c3ccccc3C2C1(C)CC. The van der Waals surface area contributed by atoms with Crippen LogP contribution >= 0.6 is 0 Å². The number of nitrogens with one attached hydrogen (secondary N) is 1.